The van der Waals surface area contributed by atoms with Gasteiger partial charge in [-0.3, -0.25) is 4.79 Å². The van der Waals surface area contributed by atoms with Crippen molar-refractivity contribution in [3.63, 3.8) is 0 Å². The molecule has 2 atom stereocenters. The second kappa shape index (κ2) is 7.82. The summed E-state index contributed by atoms with van der Waals surface area (Å²) in [7, 11) is 2.96. The highest BCUT2D eigenvalue weighted by atomic mass is 16.5. The minimum atomic E-state index is -1.07. The van der Waals surface area contributed by atoms with Crippen molar-refractivity contribution < 1.29 is 28.9 Å². The fourth-order valence-corrected chi connectivity index (χ4v) is 2.57. The van der Waals surface area contributed by atoms with Crippen LogP contribution in [-0.2, 0) is 9.53 Å². The van der Waals surface area contributed by atoms with Crippen LogP contribution >= 0.6 is 0 Å². The molecule has 0 spiro atoms. The number of hydrogen-bond donors (Lipinski definition) is 2. The number of nitrogens with one attached hydrogen (secondary N) is 1. The molecular formula is C16H21NO6. The molecule has 1 aromatic rings. The number of carbonyl (C=O) groups excluding carboxylic acids is 1. The summed E-state index contributed by atoms with van der Waals surface area (Å²) in [5.41, 5.74) is 0.282. The normalized spacial score (nSPS) is 18.8. The second-order valence-electron chi connectivity index (χ2n) is 5.37. The van der Waals surface area contributed by atoms with E-state index >= 15 is 0 Å². The molecule has 1 heterocycles. The van der Waals surface area contributed by atoms with E-state index in [2.05, 4.69) is 5.32 Å². The maximum Gasteiger partial charge on any atom is 0.326 e. The van der Waals surface area contributed by atoms with Crippen molar-refractivity contribution >= 4 is 11.9 Å². The van der Waals surface area contributed by atoms with E-state index in [1.54, 1.807) is 6.07 Å². The Morgan fingerprint density at radius 1 is 1.26 bits per heavy atom. The highest BCUT2D eigenvalue weighted by Crippen LogP contribution is 2.23. The monoisotopic (exact) mass is 323 g/mol. The predicted molar refractivity (Wildman–Crippen MR) is 82.0 cm³/mol. The molecule has 0 aromatic heterocycles. The first-order chi connectivity index (χ1) is 11.0. The zero-order valence-electron chi connectivity index (χ0n) is 13.2. The Balaban J connectivity index is 2.16. The van der Waals surface area contributed by atoms with Gasteiger partial charge in [0.1, 0.15) is 17.5 Å². The standard InChI is InChI=1S/C16H21NO6/c1-21-12-6-11(7-13(8-12)22-2)15(18)17-14(16(19)20)10-4-3-5-23-9-10/h6-8,10,14H,3-5,9H2,1-2H3,(H,17,18)(H,19,20). The van der Waals surface area contributed by atoms with Crippen LogP contribution in [0.25, 0.3) is 0 Å². The molecule has 1 fully saturated rings. The Morgan fingerprint density at radius 2 is 1.91 bits per heavy atom. The van der Waals surface area contributed by atoms with E-state index in [9.17, 15) is 14.7 Å². The third kappa shape index (κ3) is 4.35. The SMILES string of the molecule is COc1cc(OC)cc(C(=O)NC(C(=O)O)C2CCCOC2)c1. The molecule has 7 heteroatoms. The smallest absolute Gasteiger partial charge is 0.326 e. The minimum Gasteiger partial charge on any atom is -0.497 e. The second-order valence-corrected chi connectivity index (χ2v) is 5.37. The van der Waals surface area contributed by atoms with Crippen LogP contribution in [0.3, 0.4) is 0 Å². The molecule has 1 amide bonds. The Hall–Kier alpha value is -2.28. The van der Waals surface area contributed by atoms with E-state index in [4.69, 9.17) is 14.2 Å². The van der Waals surface area contributed by atoms with E-state index in [0.717, 1.165) is 6.42 Å². The first-order valence-corrected chi connectivity index (χ1v) is 7.39. The molecule has 2 rings (SSSR count). The van der Waals surface area contributed by atoms with Crippen LogP contribution < -0.4 is 14.8 Å². The Bertz CT molecular complexity index is 545. The average Bonchev–Trinajstić information content (AvgIpc) is 2.59. The number of benzene rings is 1. The molecule has 1 saturated heterocycles. The molecule has 0 aliphatic carbocycles. The molecular weight excluding hydrogens is 302 g/mol. The van der Waals surface area contributed by atoms with Crippen molar-refractivity contribution in [2.45, 2.75) is 18.9 Å². The minimum absolute atomic E-state index is 0.238. The van der Waals surface area contributed by atoms with Crippen LogP contribution in [0.2, 0.25) is 0 Å². The highest BCUT2D eigenvalue weighted by Gasteiger charge is 2.31. The molecule has 7 nitrogen and oxygen atoms in total. The zero-order chi connectivity index (χ0) is 16.8. The number of amides is 1. The lowest BCUT2D eigenvalue weighted by Gasteiger charge is -2.28. The highest BCUT2D eigenvalue weighted by molar-refractivity contribution is 5.97. The Morgan fingerprint density at radius 3 is 2.39 bits per heavy atom. The summed E-state index contributed by atoms with van der Waals surface area (Å²) < 4.78 is 15.6. The number of carboxylic acids is 1. The van der Waals surface area contributed by atoms with E-state index in [1.807, 2.05) is 0 Å². The fourth-order valence-electron chi connectivity index (χ4n) is 2.57. The number of aliphatic carboxylic acids is 1. The molecule has 0 bridgehead atoms. The number of hydrogen-bond acceptors (Lipinski definition) is 5. The lowest BCUT2D eigenvalue weighted by molar-refractivity contribution is -0.142. The van der Waals surface area contributed by atoms with Gasteiger partial charge < -0.3 is 24.6 Å². The average molecular weight is 323 g/mol. The topological polar surface area (TPSA) is 94.1 Å². The lowest BCUT2D eigenvalue weighted by atomic mass is 9.93. The number of methoxy groups -OCH3 is 2. The van der Waals surface area contributed by atoms with Gasteiger partial charge in [-0.25, -0.2) is 4.79 Å². The van der Waals surface area contributed by atoms with Gasteiger partial charge in [-0.05, 0) is 25.0 Å². The van der Waals surface area contributed by atoms with Gasteiger partial charge in [0.05, 0.1) is 20.8 Å². The van der Waals surface area contributed by atoms with E-state index in [0.29, 0.717) is 31.1 Å². The number of rotatable bonds is 6. The van der Waals surface area contributed by atoms with E-state index in [1.165, 1.54) is 26.4 Å². The third-order valence-electron chi connectivity index (χ3n) is 3.83. The molecule has 2 unspecified atom stereocenters. The van der Waals surface area contributed by atoms with Gasteiger partial charge in [0.25, 0.3) is 5.91 Å². The van der Waals surface area contributed by atoms with Crippen LogP contribution in [0.5, 0.6) is 11.5 Å². The van der Waals surface area contributed by atoms with Gasteiger partial charge in [-0.1, -0.05) is 0 Å². The van der Waals surface area contributed by atoms with E-state index < -0.39 is 17.9 Å². The Kier molecular flexibility index (Phi) is 5.81. The largest absolute Gasteiger partial charge is 0.497 e. The van der Waals surface area contributed by atoms with Gasteiger partial charge in [0, 0.05) is 24.2 Å². The molecule has 23 heavy (non-hydrogen) atoms. The number of carboxylic acid groups (broad SMARTS) is 1. The van der Waals surface area contributed by atoms with Crippen LogP contribution in [0.1, 0.15) is 23.2 Å². The van der Waals surface area contributed by atoms with Crippen molar-refractivity contribution in [3.8, 4) is 11.5 Å². The van der Waals surface area contributed by atoms with Gasteiger partial charge in [0.15, 0.2) is 0 Å². The molecule has 2 N–H and O–H groups in total. The van der Waals surface area contributed by atoms with Crippen LogP contribution in [0, 0.1) is 5.92 Å². The predicted octanol–water partition coefficient (Wildman–Crippen LogP) is 1.31. The van der Waals surface area contributed by atoms with Crippen molar-refractivity contribution in [1.82, 2.24) is 5.32 Å². The fraction of sp³-hybridized carbons (Fsp3) is 0.500. The summed E-state index contributed by atoms with van der Waals surface area (Å²) in [4.78, 5) is 23.9. The quantitative estimate of drug-likeness (QED) is 0.820. The van der Waals surface area contributed by atoms with Gasteiger partial charge in [-0.2, -0.15) is 0 Å². The van der Waals surface area contributed by atoms with Gasteiger partial charge in [0.2, 0.25) is 0 Å². The van der Waals surface area contributed by atoms with Crippen molar-refractivity contribution in [3.05, 3.63) is 23.8 Å². The van der Waals surface area contributed by atoms with Crippen LogP contribution in [0.4, 0.5) is 0 Å². The molecule has 126 valence electrons. The summed E-state index contributed by atoms with van der Waals surface area (Å²) in [6.45, 7) is 0.961. The summed E-state index contributed by atoms with van der Waals surface area (Å²) >= 11 is 0. The van der Waals surface area contributed by atoms with Crippen molar-refractivity contribution in [2.24, 2.45) is 5.92 Å². The summed E-state index contributed by atoms with van der Waals surface area (Å²) in [6.07, 6.45) is 1.50. The van der Waals surface area contributed by atoms with Gasteiger partial charge >= 0.3 is 5.97 Å². The first-order valence-electron chi connectivity index (χ1n) is 7.39. The van der Waals surface area contributed by atoms with Gasteiger partial charge in [-0.15, -0.1) is 0 Å². The Labute approximate surface area is 134 Å². The summed E-state index contributed by atoms with van der Waals surface area (Å²) in [5, 5.41) is 12.0. The zero-order valence-corrected chi connectivity index (χ0v) is 13.2. The van der Waals surface area contributed by atoms with Crippen molar-refractivity contribution in [2.75, 3.05) is 27.4 Å². The first kappa shape index (κ1) is 17.1. The maximum atomic E-state index is 12.4. The summed E-state index contributed by atoms with van der Waals surface area (Å²) in [5.74, 6) is -0.869. The third-order valence-corrected chi connectivity index (χ3v) is 3.83. The summed E-state index contributed by atoms with van der Waals surface area (Å²) in [6, 6.07) is 3.72. The molecule has 1 aromatic carbocycles. The molecule has 0 saturated carbocycles. The van der Waals surface area contributed by atoms with Crippen LogP contribution in [0.15, 0.2) is 18.2 Å². The van der Waals surface area contributed by atoms with Crippen LogP contribution in [-0.4, -0.2) is 50.5 Å². The number of ether oxygens (including phenoxy) is 3. The maximum absolute atomic E-state index is 12.4. The van der Waals surface area contributed by atoms with Crippen molar-refractivity contribution in [1.29, 1.82) is 0 Å². The molecule has 1 aliphatic heterocycles. The number of carbonyl (C=O) groups is 2. The molecule has 0 radical (unpaired) electrons. The van der Waals surface area contributed by atoms with E-state index in [-0.39, 0.29) is 11.5 Å². The molecule has 1 aliphatic rings. The lowest BCUT2D eigenvalue weighted by Crippen LogP contribution is -2.48.